The molecule has 3 nitrogen and oxygen atoms in total. The number of carbonyl (C=O) groups is 1. The lowest BCUT2D eigenvalue weighted by Gasteiger charge is -2.39. The van der Waals surface area contributed by atoms with Crippen molar-refractivity contribution in [2.24, 2.45) is 5.92 Å². The SMILES string of the molecule is CCOC(=O)C(C)(Nc1ccc(F)cc1)C1CCCCC1. The Morgan fingerprint density at radius 3 is 2.48 bits per heavy atom. The Bertz CT molecular complexity index is 468. The van der Waals surface area contributed by atoms with E-state index in [1.165, 1.54) is 18.6 Å². The molecular weight excluding hydrogens is 269 g/mol. The van der Waals surface area contributed by atoms with Crippen LogP contribution in [-0.2, 0) is 9.53 Å². The predicted octanol–water partition coefficient (Wildman–Crippen LogP) is 4.14. The largest absolute Gasteiger partial charge is 0.464 e. The molecular formula is C17H24FNO2. The third kappa shape index (κ3) is 3.74. The molecule has 1 N–H and O–H groups in total. The van der Waals surface area contributed by atoms with E-state index in [1.807, 2.05) is 13.8 Å². The van der Waals surface area contributed by atoms with E-state index in [1.54, 1.807) is 12.1 Å². The summed E-state index contributed by atoms with van der Waals surface area (Å²) < 4.78 is 18.3. The van der Waals surface area contributed by atoms with Crippen LogP contribution in [0.3, 0.4) is 0 Å². The molecule has 0 saturated heterocycles. The Kier molecular flexibility index (Phi) is 5.21. The zero-order chi connectivity index (χ0) is 15.3. The van der Waals surface area contributed by atoms with Gasteiger partial charge in [0.05, 0.1) is 6.61 Å². The number of carbonyl (C=O) groups excluding carboxylic acids is 1. The summed E-state index contributed by atoms with van der Waals surface area (Å²) in [5, 5.41) is 3.30. The van der Waals surface area contributed by atoms with Crippen molar-refractivity contribution in [3.05, 3.63) is 30.1 Å². The van der Waals surface area contributed by atoms with Crippen LogP contribution in [0.25, 0.3) is 0 Å². The number of benzene rings is 1. The number of ether oxygens (including phenoxy) is 1. The molecule has 21 heavy (non-hydrogen) atoms. The summed E-state index contributed by atoms with van der Waals surface area (Å²) in [7, 11) is 0. The molecule has 1 aliphatic rings. The van der Waals surface area contributed by atoms with Gasteiger partial charge in [-0.2, -0.15) is 0 Å². The van der Waals surface area contributed by atoms with Crippen LogP contribution in [0.15, 0.2) is 24.3 Å². The lowest BCUT2D eigenvalue weighted by atomic mass is 9.75. The lowest BCUT2D eigenvalue weighted by molar-refractivity contribution is -0.150. The van der Waals surface area contributed by atoms with Gasteiger partial charge >= 0.3 is 5.97 Å². The molecule has 116 valence electrons. The van der Waals surface area contributed by atoms with E-state index in [0.717, 1.165) is 31.4 Å². The minimum atomic E-state index is -0.756. The maximum atomic E-state index is 13.0. The van der Waals surface area contributed by atoms with E-state index in [2.05, 4.69) is 5.32 Å². The summed E-state index contributed by atoms with van der Waals surface area (Å²) >= 11 is 0. The third-order valence-corrected chi connectivity index (χ3v) is 4.37. The van der Waals surface area contributed by atoms with E-state index >= 15 is 0 Å². The molecule has 4 heteroatoms. The third-order valence-electron chi connectivity index (χ3n) is 4.37. The number of anilines is 1. The van der Waals surface area contributed by atoms with Gasteiger partial charge in [-0.3, -0.25) is 0 Å². The Morgan fingerprint density at radius 1 is 1.29 bits per heavy atom. The van der Waals surface area contributed by atoms with Gasteiger partial charge in [-0.1, -0.05) is 19.3 Å². The van der Waals surface area contributed by atoms with Crippen LogP contribution in [-0.4, -0.2) is 18.1 Å². The summed E-state index contributed by atoms with van der Waals surface area (Å²) in [6.07, 6.45) is 5.55. The maximum absolute atomic E-state index is 13.0. The zero-order valence-electron chi connectivity index (χ0n) is 12.8. The van der Waals surface area contributed by atoms with Crippen LogP contribution in [0.5, 0.6) is 0 Å². The second-order valence-corrected chi connectivity index (χ2v) is 5.89. The van der Waals surface area contributed by atoms with Crippen molar-refractivity contribution in [3.63, 3.8) is 0 Å². The van der Waals surface area contributed by atoms with Crippen molar-refractivity contribution in [2.45, 2.75) is 51.5 Å². The summed E-state index contributed by atoms with van der Waals surface area (Å²) in [5.74, 6) is -0.257. The first kappa shape index (κ1) is 15.8. The Balaban J connectivity index is 2.21. The standard InChI is InChI=1S/C17H24FNO2/c1-3-21-16(20)17(2,13-7-5-4-6-8-13)19-15-11-9-14(18)10-12-15/h9-13,19H,3-8H2,1-2H3. The molecule has 0 bridgehead atoms. The number of halogens is 1. The molecule has 0 spiro atoms. The van der Waals surface area contributed by atoms with Crippen molar-refractivity contribution in [3.8, 4) is 0 Å². The Labute approximate surface area is 125 Å². The highest BCUT2D eigenvalue weighted by atomic mass is 19.1. The summed E-state index contributed by atoms with van der Waals surface area (Å²) in [5.41, 5.74) is -0.00799. The van der Waals surface area contributed by atoms with Crippen LogP contribution < -0.4 is 5.32 Å². The van der Waals surface area contributed by atoms with Gasteiger partial charge in [-0.05, 0) is 56.9 Å². The van der Waals surface area contributed by atoms with Crippen molar-refractivity contribution >= 4 is 11.7 Å². The summed E-state index contributed by atoms with van der Waals surface area (Å²) in [4.78, 5) is 12.5. The summed E-state index contributed by atoms with van der Waals surface area (Å²) in [6, 6.07) is 6.12. The van der Waals surface area contributed by atoms with Crippen LogP contribution in [0.4, 0.5) is 10.1 Å². The van der Waals surface area contributed by atoms with Gasteiger partial charge in [0.1, 0.15) is 11.4 Å². The van der Waals surface area contributed by atoms with Crippen LogP contribution >= 0.6 is 0 Å². The molecule has 1 aromatic carbocycles. The molecule has 1 fully saturated rings. The van der Waals surface area contributed by atoms with E-state index in [-0.39, 0.29) is 17.7 Å². The summed E-state index contributed by atoms with van der Waals surface area (Å²) in [6.45, 7) is 4.09. The molecule has 0 aromatic heterocycles. The molecule has 0 heterocycles. The normalized spacial score (nSPS) is 18.8. The average molecular weight is 293 g/mol. The van der Waals surface area contributed by atoms with Crippen LogP contribution in [0, 0.1) is 11.7 Å². The van der Waals surface area contributed by atoms with E-state index in [4.69, 9.17) is 4.74 Å². The Morgan fingerprint density at radius 2 is 1.90 bits per heavy atom. The molecule has 1 aliphatic carbocycles. The van der Waals surface area contributed by atoms with Gasteiger partial charge in [-0.15, -0.1) is 0 Å². The van der Waals surface area contributed by atoms with E-state index < -0.39 is 5.54 Å². The van der Waals surface area contributed by atoms with Gasteiger partial charge in [0.2, 0.25) is 0 Å². The molecule has 2 rings (SSSR count). The highest BCUT2D eigenvalue weighted by molar-refractivity contribution is 5.84. The van der Waals surface area contributed by atoms with Gasteiger partial charge in [0, 0.05) is 5.69 Å². The van der Waals surface area contributed by atoms with Crippen molar-refractivity contribution < 1.29 is 13.9 Å². The highest BCUT2D eigenvalue weighted by Gasteiger charge is 2.42. The smallest absolute Gasteiger partial charge is 0.331 e. The minimum absolute atomic E-state index is 0.221. The molecule has 0 radical (unpaired) electrons. The first-order chi connectivity index (χ1) is 10.1. The van der Waals surface area contributed by atoms with Crippen molar-refractivity contribution in [2.75, 3.05) is 11.9 Å². The van der Waals surface area contributed by atoms with Gasteiger partial charge in [-0.25, -0.2) is 9.18 Å². The fourth-order valence-corrected chi connectivity index (χ4v) is 3.11. The number of esters is 1. The predicted molar refractivity (Wildman–Crippen MR) is 81.6 cm³/mol. The second-order valence-electron chi connectivity index (χ2n) is 5.89. The van der Waals surface area contributed by atoms with Gasteiger partial charge in [0.15, 0.2) is 0 Å². The highest BCUT2D eigenvalue weighted by Crippen LogP contribution is 2.36. The number of nitrogens with one attached hydrogen (secondary N) is 1. The second kappa shape index (κ2) is 6.92. The van der Waals surface area contributed by atoms with Crippen molar-refractivity contribution in [1.82, 2.24) is 0 Å². The van der Waals surface area contributed by atoms with E-state index in [0.29, 0.717) is 6.61 Å². The molecule has 1 unspecified atom stereocenters. The van der Waals surface area contributed by atoms with Crippen LogP contribution in [0.2, 0.25) is 0 Å². The number of hydrogen-bond acceptors (Lipinski definition) is 3. The first-order valence-electron chi connectivity index (χ1n) is 7.77. The zero-order valence-corrected chi connectivity index (χ0v) is 12.8. The monoisotopic (exact) mass is 293 g/mol. The fourth-order valence-electron chi connectivity index (χ4n) is 3.11. The van der Waals surface area contributed by atoms with E-state index in [9.17, 15) is 9.18 Å². The molecule has 1 saturated carbocycles. The number of rotatable bonds is 5. The fraction of sp³-hybridized carbons (Fsp3) is 0.588. The molecule has 1 aromatic rings. The minimum Gasteiger partial charge on any atom is -0.464 e. The van der Waals surface area contributed by atoms with Crippen LogP contribution in [0.1, 0.15) is 46.0 Å². The Hall–Kier alpha value is -1.58. The molecule has 1 atom stereocenters. The van der Waals surface area contributed by atoms with Gasteiger partial charge in [0.25, 0.3) is 0 Å². The average Bonchev–Trinajstić information content (AvgIpc) is 2.50. The van der Waals surface area contributed by atoms with Gasteiger partial charge < -0.3 is 10.1 Å². The first-order valence-corrected chi connectivity index (χ1v) is 7.77. The van der Waals surface area contributed by atoms with Crippen molar-refractivity contribution in [1.29, 1.82) is 0 Å². The number of hydrogen-bond donors (Lipinski definition) is 1. The lowest BCUT2D eigenvalue weighted by Crippen LogP contribution is -2.51. The molecule has 0 amide bonds. The maximum Gasteiger partial charge on any atom is 0.331 e. The quantitative estimate of drug-likeness (QED) is 0.829. The topological polar surface area (TPSA) is 38.3 Å². The molecule has 0 aliphatic heterocycles.